The number of carbonyl (C=O) groups excluding carboxylic acids is 2. The number of carboxylic acids is 1. The summed E-state index contributed by atoms with van der Waals surface area (Å²) in [6.07, 6.45) is -1.48. The summed E-state index contributed by atoms with van der Waals surface area (Å²) in [5, 5.41) is 21.7. The molecule has 8 heteroatoms. The summed E-state index contributed by atoms with van der Waals surface area (Å²) in [5.41, 5.74) is 0. The van der Waals surface area contributed by atoms with Crippen molar-refractivity contribution >= 4 is 17.9 Å². The molecule has 0 aliphatic heterocycles. The van der Waals surface area contributed by atoms with E-state index in [1.54, 1.807) is 14.1 Å². The molecule has 0 spiro atoms. The predicted octanol–water partition coefficient (Wildman–Crippen LogP) is -1.79. The summed E-state index contributed by atoms with van der Waals surface area (Å²) in [5.74, 6) is -1.54. The quantitative estimate of drug-likeness (QED) is 0.442. The molecule has 0 aromatic heterocycles. The van der Waals surface area contributed by atoms with E-state index >= 15 is 0 Å². The van der Waals surface area contributed by atoms with Crippen LogP contribution < -0.4 is 10.6 Å². The van der Waals surface area contributed by atoms with Crippen LogP contribution in [0.3, 0.4) is 0 Å². The van der Waals surface area contributed by atoms with Gasteiger partial charge in [-0.3, -0.25) is 4.79 Å². The van der Waals surface area contributed by atoms with Crippen LogP contribution in [0, 0.1) is 0 Å². The molecular formula is C9H17N3O5. The number of aliphatic hydroxyl groups excluding tert-OH is 1. The van der Waals surface area contributed by atoms with Crippen LogP contribution >= 0.6 is 0 Å². The second-order valence-corrected chi connectivity index (χ2v) is 3.53. The van der Waals surface area contributed by atoms with Gasteiger partial charge in [-0.1, -0.05) is 0 Å². The van der Waals surface area contributed by atoms with Crippen molar-refractivity contribution in [2.24, 2.45) is 0 Å². The summed E-state index contributed by atoms with van der Waals surface area (Å²) in [7, 11) is 3.21. The summed E-state index contributed by atoms with van der Waals surface area (Å²) < 4.78 is 0. The minimum absolute atomic E-state index is 0.129. The fourth-order valence-electron chi connectivity index (χ4n) is 0.846. The van der Waals surface area contributed by atoms with Gasteiger partial charge < -0.3 is 25.7 Å². The monoisotopic (exact) mass is 247 g/mol. The fraction of sp³-hybridized carbons (Fsp3) is 0.667. The molecule has 0 unspecified atom stereocenters. The zero-order chi connectivity index (χ0) is 13.4. The Balaban J connectivity index is 3.67. The molecule has 17 heavy (non-hydrogen) atoms. The average molecular weight is 247 g/mol. The molecule has 4 N–H and O–H groups in total. The van der Waals surface area contributed by atoms with E-state index in [1.807, 2.05) is 0 Å². The van der Waals surface area contributed by atoms with Crippen molar-refractivity contribution in [2.45, 2.75) is 12.5 Å². The molecule has 0 aliphatic rings. The molecule has 8 nitrogen and oxygen atoms in total. The number of carbonyl (C=O) groups is 3. The molecule has 0 saturated heterocycles. The number of amides is 3. The second kappa shape index (κ2) is 7.44. The highest BCUT2D eigenvalue weighted by molar-refractivity contribution is 5.78. The second-order valence-electron chi connectivity index (χ2n) is 3.53. The molecule has 1 atom stereocenters. The summed E-state index contributed by atoms with van der Waals surface area (Å²) in [4.78, 5) is 33.8. The molecule has 0 radical (unpaired) electrons. The Hall–Kier alpha value is -1.83. The van der Waals surface area contributed by atoms with Crippen LogP contribution in [0.2, 0.25) is 0 Å². The maximum atomic E-state index is 11.1. The Morgan fingerprint density at radius 3 is 2.29 bits per heavy atom. The van der Waals surface area contributed by atoms with Crippen LogP contribution in [-0.4, -0.2) is 66.3 Å². The van der Waals surface area contributed by atoms with Crippen molar-refractivity contribution < 1.29 is 24.6 Å². The molecule has 0 aliphatic carbocycles. The van der Waals surface area contributed by atoms with Crippen molar-refractivity contribution in [1.29, 1.82) is 0 Å². The van der Waals surface area contributed by atoms with Gasteiger partial charge in [-0.2, -0.15) is 0 Å². The van der Waals surface area contributed by atoms with E-state index in [0.29, 0.717) is 0 Å². The van der Waals surface area contributed by atoms with Gasteiger partial charge in [-0.25, -0.2) is 9.59 Å². The Morgan fingerprint density at radius 2 is 1.82 bits per heavy atom. The first-order chi connectivity index (χ1) is 7.84. The number of urea groups is 1. The number of carboxylic acid groups (broad SMARTS) is 1. The Morgan fingerprint density at radius 1 is 1.24 bits per heavy atom. The van der Waals surface area contributed by atoms with Crippen molar-refractivity contribution in [3.63, 3.8) is 0 Å². The van der Waals surface area contributed by atoms with Crippen molar-refractivity contribution in [3.8, 4) is 0 Å². The van der Waals surface area contributed by atoms with Crippen LogP contribution in [-0.2, 0) is 9.59 Å². The topological polar surface area (TPSA) is 119 Å². The molecule has 0 saturated carbocycles. The highest BCUT2D eigenvalue weighted by Crippen LogP contribution is 1.85. The van der Waals surface area contributed by atoms with E-state index in [0.717, 1.165) is 0 Å². The normalized spacial score (nSPS) is 11.5. The molecule has 0 heterocycles. The van der Waals surface area contributed by atoms with E-state index in [4.69, 9.17) is 10.2 Å². The third kappa shape index (κ3) is 7.12. The van der Waals surface area contributed by atoms with Gasteiger partial charge in [0.25, 0.3) is 0 Å². The lowest BCUT2D eigenvalue weighted by Gasteiger charge is -2.11. The Bertz CT molecular complexity index is 292. The summed E-state index contributed by atoms with van der Waals surface area (Å²) in [6.45, 7) is -0.241. The number of aliphatic carboxylic acids is 1. The minimum atomic E-state index is -1.64. The first-order valence-corrected chi connectivity index (χ1v) is 4.97. The average Bonchev–Trinajstić information content (AvgIpc) is 2.25. The molecule has 0 bridgehead atoms. The van der Waals surface area contributed by atoms with Crippen LogP contribution in [0.15, 0.2) is 0 Å². The Kier molecular flexibility index (Phi) is 6.64. The van der Waals surface area contributed by atoms with E-state index in [-0.39, 0.29) is 25.4 Å². The summed E-state index contributed by atoms with van der Waals surface area (Å²) >= 11 is 0. The van der Waals surface area contributed by atoms with Crippen molar-refractivity contribution in [2.75, 3.05) is 27.2 Å². The zero-order valence-corrected chi connectivity index (χ0v) is 9.77. The standard InChI is InChI=1S/C9H17N3O5/c1-12(2)7(14)3-4-10-9(17)11-5-6(13)8(15)16/h6,13H,3-5H2,1-2H3,(H,15,16)(H2,10,11,17)/t6-/m0/s1. The number of rotatable bonds is 6. The maximum absolute atomic E-state index is 11.1. The molecular weight excluding hydrogens is 230 g/mol. The number of nitrogens with zero attached hydrogens (tertiary/aromatic N) is 1. The van der Waals surface area contributed by atoms with Gasteiger partial charge in [0.2, 0.25) is 5.91 Å². The lowest BCUT2D eigenvalue weighted by Crippen LogP contribution is -2.42. The van der Waals surface area contributed by atoms with Crippen LogP contribution in [0.4, 0.5) is 4.79 Å². The smallest absolute Gasteiger partial charge is 0.334 e. The van der Waals surface area contributed by atoms with E-state index in [9.17, 15) is 14.4 Å². The highest BCUT2D eigenvalue weighted by Gasteiger charge is 2.13. The van der Waals surface area contributed by atoms with Gasteiger partial charge in [0.1, 0.15) is 0 Å². The zero-order valence-electron chi connectivity index (χ0n) is 9.77. The predicted molar refractivity (Wildman–Crippen MR) is 58.4 cm³/mol. The lowest BCUT2D eigenvalue weighted by atomic mass is 10.3. The van der Waals surface area contributed by atoms with Gasteiger partial charge >= 0.3 is 12.0 Å². The van der Waals surface area contributed by atoms with Crippen LogP contribution in [0.25, 0.3) is 0 Å². The highest BCUT2D eigenvalue weighted by atomic mass is 16.4. The van der Waals surface area contributed by atoms with Gasteiger partial charge in [0, 0.05) is 27.1 Å². The number of hydrogen-bond donors (Lipinski definition) is 4. The van der Waals surface area contributed by atoms with Crippen molar-refractivity contribution in [1.82, 2.24) is 15.5 Å². The maximum Gasteiger partial charge on any atom is 0.334 e. The van der Waals surface area contributed by atoms with Gasteiger partial charge in [-0.05, 0) is 0 Å². The number of nitrogens with one attached hydrogen (secondary N) is 2. The first-order valence-electron chi connectivity index (χ1n) is 4.97. The van der Waals surface area contributed by atoms with Gasteiger partial charge in [-0.15, -0.1) is 0 Å². The lowest BCUT2D eigenvalue weighted by molar-refractivity contribution is -0.146. The van der Waals surface area contributed by atoms with Crippen LogP contribution in [0.1, 0.15) is 6.42 Å². The van der Waals surface area contributed by atoms with E-state index in [1.165, 1.54) is 4.90 Å². The van der Waals surface area contributed by atoms with Gasteiger partial charge in [0.15, 0.2) is 6.10 Å². The molecule has 0 rings (SSSR count). The third-order valence-corrected chi connectivity index (χ3v) is 1.86. The summed E-state index contributed by atoms with van der Waals surface area (Å²) in [6, 6.07) is -0.628. The SMILES string of the molecule is CN(C)C(=O)CCNC(=O)NC[C@H](O)C(=O)O. The van der Waals surface area contributed by atoms with Crippen molar-refractivity contribution in [3.05, 3.63) is 0 Å². The molecule has 0 aromatic carbocycles. The number of aliphatic hydroxyl groups is 1. The van der Waals surface area contributed by atoms with E-state index < -0.39 is 18.1 Å². The first kappa shape index (κ1) is 15.2. The largest absolute Gasteiger partial charge is 0.479 e. The van der Waals surface area contributed by atoms with Gasteiger partial charge in [0.05, 0.1) is 6.54 Å². The molecule has 3 amide bonds. The molecule has 98 valence electrons. The number of hydrogen-bond acceptors (Lipinski definition) is 4. The van der Waals surface area contributed by atoms with Crippen LogP contribution in [0.5, 0.6) is 0 Å². The van der Waals surface area contributed by atoms with E-state index in [2.05, 4.69) is 10.6 Å². The third-order valence-electron chi connectivity index (χ3n) is 1.86. The fourth-order valence-corrected chi connectivity index (χ4v) is 0.846. The molecule has 0 aromatic rings. The Labute approximate surface area is 98.6 Å². The molecule has 0 fully saturated rings. The minimum Gasteiger partial charge on any atom is -0.479 e.